The van der Waals surface area contributed by atoms with E-state index in [1.807, 2.05) is 31.2 Å². The molecule has 0 nitrogen and oxygen atoms in total. The highest BCUT2D eigenvalue weighted by Gasteiger charge is 1.52. The molecule has 0 aliphatic carbocycles. The fourth-order valence-corrected chi connectivity index (χ4v) is 0.254. The van der Waals surface area contributed by atoms with Crippen LogP contribution in [0.15, 0.2) is 37.0 Å². The second-order valence-corrected chi connectivity index (χ2v) is 1.15. The molecule has 0 heterocycles. The minimum atomic E-state index is 1.75. The van der Waals surface area contributed by atoms with Crippen molar-refractivity contribution in [2.75, 3.05) is 0 Å². The highest BCUT2D eigenvalue weighted by molar-refractivity contribution is 5.07. The largest absolute Gasteiger partial charge is 0.0991 e. The van der Waals surface area contributed by atoms with Gasteiger partial charge in [-0.3, -0.25) is 0 Å². The number of allylic oxidation sites excluding steroid dienone is 5. The number of rotatable bonds is 2. The van der Waals surface area contributed by atoms with Crippen molar-refractivity contribution >= 4 is 0 Å². The van der Waals surface area contributed by atoms with Crippen LogP contribution in [-0.4, -0.2) is 0 Å². The van der Waals surface area contributed by atoms with E-state index in [1.165, 1.54) is 0 Å². The quantitative estimate of drug-likeness (QED) is 0.460. The summed E-state index contributed by atoms with van der Waals surface area (Å²) in [6, 6.07) is 0. The Morgan fingerprint density at radius 2 is 1.86 bits per heavy atom. The molecule has 0 aromatic heterocycles. The molecule has 0 aliphatic rings. The fourth-order valence-electron chi connectivity index (χ4n) is 0.254. The zero-order chi connectivity index (χ0) is 5.54. The molecule has 0 unspecified atom stereocenters. The summed E-state index contributed by atoms with van der Waals surface area (Å²) < 4.78 is 0. The molecule has 7 heavy (non-hydrogen) atoms. The molecule has 38 valence electrons. The zero-order valence-corrected chi connectivity index (χ0v) is 4.59. The van der Waals surface area contributed by atoms with Crippen LogP contribution in [0.4, 0.5) is 0 Å². The summed E-state index contributed by atoms with van der Waals surface area (Å²) in [6.45, 7) is 5.49. The smallest absolute Gasteiger partial charge is 0.0467 e. The van der Waals surface area contributed by atoms with Crippen molar-refractivity contribution in [3.05, 3.63) is 37.0 Å². The first kappa shape index (κ1) is 6.22. The molecular formula is C7H10. The van der Waals surface area contributed by atoms with Crippen molar-refractivity contribution < 1.29 is 0 Å². The van der Waals surface area contributed by atoms with Crippen LogP contribution in [0.3, 0.4) is 0 Å². The van der Waals surface area contributed by atoms with Gasteiger partial charge in [-0.25, -0.2) is 0 Å². The van der Waals surface area contributed by atoms with Crippen LogP contribution in [0.5, 0.6) is 0 Å². The lowest BCUT2D eigenvalue weighted by Crippen LogP contribution is -1.43. The molecular weight excluding hydrogens is 84.1 g/mol. The van der Waals surface area contributed by atoms with E-state index in [-0.39, 0.29) is 0 Å². The minimum Gasteiger partial charge on any atom is -0.0991 e. The Morgan fingerprint density at radius 1 is 1.14 bits per heavy atom. The summed E-state index contributed by atoms with van der Waals surface area (Å²) in [6.07, 6.45) is 9.51. The molecule has 0 heteroatoms. The van der Waals surface area contributed by atoms with Crippen LogP contribution in [0, 0.1) is 0 Å². The van der Waals surface area contributed by atoms with Gasteiger partial charge in [0.25, 0.3) is 0 Å². The van der Waals surface area contributed by atoms with Crippen molar-refractivity contribution in [3.8, 4) is 0 Å². The topological polar surface area (TPSA) is 0 Å². The summed E-state index contributed by atoms with van der Waals surface area (Å²) >= 11 is 0. The monoisotopic (exact) mass is 94.1 g/mol. The van der Waals surface area contributed by atoms with E-state index >= 15 is 0 Å². The summed E-state index contributed by atoms with van der Waals surface area (Å²) in [4.78, 5) is 0. The molecule has 0 amide bonds. The Labute approximate surface area is 44.9 Å². The first-order valence-electron chi connectivity index (χ1n) is 2.32. The maximum Gasteiger partial charge on any atom is -0.0467 e. The fraction of sp³-hybridized carbons (Fsp3) is 0.143. The Bertz CT molecular complexity index is 86.2. The van der Waals surface area contributed by atoms with Crippen molar-refractivity contribution in [2.24, 2.45) is 0 Å². The summed E-state index contributed by atoms with van der Waals surface area (Å²) in [7, 11) is 0. The van der Waals surface area contributed by atoms with Gasteiger partial charge in [0.15, 0.2) is 0 Å². The first-order chi connectivity index (χ1) is 3.41. The van der Waals surface area contributed by atoms with E-state index < -0.39 is 0 Å². The summed E-state index contributed by atoms with van der Waals surface area (Å²) in [5, 5.41) is 0. The third kappa shape index (κ3) is 5.22. The van der Waals surface area contributed by atoms with Gasteiger partial charge < -0.3 is 0 Å². The van der Waals surface area contributed by atoms with Crippen LogP contribution < -0.4 is 0 Å². The lowest BCUT2D eigenvalue weighted by atomic mass is 10.4. The van der Waals surface area contributed by atoms with Gasteiger partial charge in [-0.1, -0.05) is 37.0 Å². The van der Waals surface area contributed by atoms with Gasteiger partial charge in [-0.15, -0.1) is 0 Å². The molecule has 0 atom stereocenters. The van der Waals surface area contributed by atoms with Crippen molar-refractivity contribution in [1.29, 1.82) is 0 Å². The number of hydrogen-bond acceptors (Lipinski definition) is 0. The van der Waals surface area contributed by atoms with E-state index in [9.17, 15) is 0 Å². The summed E-state index contributed by atoms with van der Waals surface area (Å²) in [5.41, 5.74) is 0. The Kier molecular flexibility index (Phi) is 4.64. The van der Waals surface area contributed by atoms with E-state index in [2.05, 4.69) is 6.58 Å². The third-order valence-corrected chi connectivity index (χ3v) is 0.551. The zero-order valence-electron chi connectivity index (χ0n) is 4.59. The molecule has 0 aromatic rings. The van der Waals surface area contributed by atoms with E-state index in [4.69, 9.17) is 0 Å². The molecule has 0 saturated heterocycles. The van der Waals surface area contributed by atoms with Crippen LogP contribution >= 0.6 is 0 Å². The molecule has 0 rings (SSSR count). The predicted octanol–water partition coefficient (Wildman–Crippen LogP) is 2.30. The van der Waals surface area contributed by atoms with Gasteiger partial charge in [0.2, 0.25) is 0 Å². The normalized spacial score (nSPS) is 11.0. The molecule has 0 fully saturated rings. The maximum atomic E-state index is 3.51. The lowest BCUT2D eigenvalue weighted by Gasteiger charge is -1.65. The molecule has 0 spiro atoms. The first-order valence-corrected chi connectivity index (χ1v) is 2.32. The minimum absolute atomic E-state index is 1.75. The molecule has 0 radical (unpaired) electrons. The molecule has 0 saturated carbocycles. The Hall–Kier alpha value is -0.780. The van der Waals surface area contributed by atoms with Crippen LogP contribution in [-0.2, 0) is 0 Å². The van der Waals surface area contributed by atoms with E-state index in [0.29, 0.717) is 0 Å². The second-order valence-electron chi connectivity index (χ2n) is 1.15. The highest BCUT2D eigenvalue weighted by Crippen LogP contribution is 1.74. The van der Waals surface area contributed by atoms with Gasteiger partial charge in [-0.2, -0.15) is 0 Å². The Morgan fingerprint density at radius 3 is 2.29 bits per heavy atom. The van der Waals surface area contributed by atoms with Crippen molar-refractivity contribution in [1.82, 2.24) is 0 Å². The highest BCUT2D eigenvalue weighted by atomic mass is 13.6. The van der Waals surface area contributed by atoms with Gasteiger partial charge in [0.1, 0.15) is 0 Å². The molecule has 0 aromatic carbocycles. The standard InChI is InChI=1S/C7H10/c1-3-5-7-6-4-2/h3-7H,1H2,2H3/b6-4+,7-5?. The van der Waals surface area contributed by atoms with Crippen LogP contribution in [0.2, 0.25) is 0 Å². The second kappa shape index (κ2) is 5.22. The molecule has 0 N–H and O–H groups in total. The number of hydrogen-bond donors (Lipinski definition) is 0. The maximum absolute atomic E-state index is 3.51. The summed E-state index contributed by atoms with van der Waals surface area (Å²) in [5.74, 6) is 0. The van der Waals surface area contributed by atoms with Crippen molar-refractivity contribution in [2.45, 2.75) is 6.92 Å². The average molecular weight is 94.2 g/mol. The van der Waals surface area contributed by atoms with Gasteiger partial charge in [0, 0.05) is 0 Å². The third-order valence-electron chi connectivity index (χ3n) is 0.551. The van der Waals surface area contributed by atoms with Gasteiger partial charge in [0.05, 0.1) is 0 Å². The molecule has 0 bridgehead atoms. The van der Waals surface area contributed by atoms with Gasteiger partial charge >= 0.3 is 0 Å². The van der Waals surface area contributed by atoms with Crippen LogP contribution in [0.1, 0.15) is 6.92 Å². The Balaban J connectivity index is 3.27. The van der Waals surface area contributed by atoms with E-state index in [1.54, 1.807) is 6.08 Å². The average Bonchev–Trinajstić information content (AvgIpc) is 1.69. The SMILES string of the molecule is C=CC=C/C=C/C. The lowest BCUT2D eigenvalue weighted by molar-refractivity contribution is 1.73. The predicted molar refractivity (Wildman–Crippen MR) is 34.2 cm³/mol. The molecule has 0 aliphatic heterocycles. The van der Waals surface area contributed by atoms with Gasteiger partial charge in [-0.05, 0) is 6.92 Å². The van der Waals surface area contributed by atoms with Crippen molar-refractivity contribution in [3.63, 3.8) is 0 Å². The van der Waals surface area contributed by atoms with Crippen LogP contribution in [0.25, 0.3) is 0 Å². The van der Waals surface area contributed by atoms with E-state index in [0.717, 1.165) is 0 Å².